The molecule has 0 aliphatic carbocycles. The van der Waals surface area contributed by atoms with E-state index in [4.69, 9.17) is 4.74 Å². The van der Waals surface area contributed by atoms with E-state index in [1.807, 2.05) is 13.8 Å². The minimum atomic E-state index is 0.0337. The second-order valence-corrected chi connectivity index (χ2v) is 4.09. The molecule has 0 saturated carbocycles. The Morgan fingerprint density at radius 3 is 3.00 bits per heavy atom. The quantitative estimate of drug-likeness (QED) is 0.678. The summed E-state index contributed by atoms with van der Waals surface area (Å²) >= 11 is 0. The van der Waals surface area contributed by atoms with Crippen molar-refractivity contribution in [1.82, 2.24) is 10.6 Å². The lowest BCUT2D eigenvalue weighted by atomic mass is 10.1. The zero-order valence-electron chi connectivity index (χ0n) is 9.71. The number of carbonyl (C=O) groups excluding carboxylic acids is 1. The van der Waals surface area contributed by atoms with Crippen molar-refractivity contribution in [2.24, 2.45) is 5.92 Å². The van der Waals surface area contributed by atoms with Gasteiger partial charge >= 0.3 is 0 Å². The highest BCUT2D eigenvalue weighted by atomic mass is 16.5. The van der Waals surface area contributed by atoms with Crippen LogP contribution in [0, 0.1) is 5.92 Å². The molecular weight excluding hydrogens is 192 g/mol. The van der Waals surface area contributed by atoms with Gasteiger partial charge in [-0.3, -0.25) is 4.79 Å². The van der Waals surface area contributed by atoms with Gasteiger partial charge in [-0.15, -0.1) is 0 Å². The van der Waals surface area contributed by atoms with Crippen LogP contribution in [0.1, 0.15) is 26.7 Å². The van der Waals surface area contributed by atoms with Gasteiger partial charge in [-0.25, -0.2) is 0 Å². The molecule has 88 valence electrons. The van der Waals surface area contributed by atoms with Crippen molar-refractivity contribution in [3.05, 3.63) is 0 Å². The van der Waals surface area contributed by atoms with E-state index < -0.39 is 0 Å². The van der Waals surface area contributed by atoms with Gasteiger partial charge < -0.3 is 15.4 Å². The molecule has 0 aromatic heterocycles. The van der Waals surface area contributed by atoms with Gasteiger partial charge in [-0.05, 0) is 19.4 Å². The molecular formula is C11H22N2O2. The molecule has 0 aromatic rings. The average molecular weight is 214 g/mol. The first kappa shape index (κ1) is 12.5. The molecule has 2 N–H and O–H groups in total. The molecule has 0 bridgehead atoms. The number of hydrogen-bond acceptors (Lipinski definition) is 3. The predicted molar refractivity (Wildman–Crippen MR) is 59.7 cm³/mol. The average Bonchev–Trinajstić information content (AvgIpc) is 2.75. The van der Waals surface area contributed by atoms with Gasteiger partial charge in [0.05, 0.1) is 6.10 Å². The molecule has 4 nitrogen and oxygen atoms in total. The highest BCUT2D eigenvalue weighted by Gasteiger charge is 2.18. The highest BCUT2D eigenvalue weighted by molar-refractivity contribution is 5.78. The van der Waals surface area contributed by atoms with Crippen molar-refractivity contribution >= 4 is 5.91 Å². The third-order valence-corrected chi connectivity index (χ3v) is 2.68. The largest absolute Gasteiger partial charge is 0.376 e. The summed E-state index contributed by atoms with van der Waals surface area (Å²) in [6, 6.07) is 0. The minimum Gasteiger partial charge on any atom is -0.376 e. The van der Waals surface area contributed by atoms with Crippen LogP contribution in [-0.2, 0) is 9.53 Å². The monoisotopic (exact) mass is 214 g/mol. The summed E-state index contributed by atoms with van der Waals surface area (Å²) in [6.07, 6.45) is 2.43. The lowest BCUT2D eigenvalue weighted by Gasteiger charge is -2.15. The number of carbonyl (C=O) groups is 1. The first-order chi connectivity index (χ1) is 7.24. The van der Waals surface area contributed by atoms with Crippen molar-refractivity contribution in [3.63, 3.8) is 0 Å². The van der Waals surface area contributed by atoms with Crippen molar-refractivity contribution in [1.29, 1.82) is 0 Å². The summed E-state index contributed by atoms with van der Waals surface area (Å²) < 4.78 is 5.43. The summed E-state index contributed by atoms with van der Waals surface area (Å²) in [5.41, 5.74) is 0. The third kappa shape index (κ3) is 4.62. The highest BCUT2D eigenvalue weighted by Crippen LogP contribution is 2.10. The fourth-order valence-electron chi connectivity index (χ4n) is 1.65. The maximum absolute atomic E-state index is 11.6. The Morgan fingerprint density at radius 2 is 2.40 bits per heavy atom. The van der Waals surface area contributed by atoms with E-state index in [2.05, 4.69) is 10.6 Å². The van der Waals surface area contributed by atoms with E-state index in [0.29, 0.717) is 6.54 Å². The molecule has 0 radical (unpaired) electrons. The zero-order chi connectivity index (χ0) is 11.1. The van der Waals surface area contributed by atoms with Gasteiger partial charge in [0, 0.05) is 25.6 Å². The van der Waals surface area contributed by atoms with Crippen LogP contribution >= 0.6 is 0 Å². The number of amides is 1. The molecule has 1 aliphatic rings. The Balaban J connectivity index is 2.11. The van der Waals surface area contributed by atoms with Crippen LogP contribution in [0.5, 0.6) is 0 Å². The molecule has 2 unspecified atom stereocenters. The van der Waals surface area contributed by atoms with E-state index in [1.165, 1.54) is 0 Å². The fraction of sp³-hybridized carbons (Fsp3) is 0.909. The molecule has 1 amide bonds. The first-order valence-corrected chi connectivity index (χ1v) is 5.84. The van der Waals surface area contributed by atoms with Gasteiger partial charge in [0.15, 0.2) is 0 Å². The number of hydrogen-bond donors (Lipinski definition) is 2. The summed E-state index contributed by atoms with van der Waals surface area (Å²) in [5, 5.41) is 6.09. The first-order valence-electron chi connectivity index (χ1n) is 5.84. The summed E-state index contributed by atoms with van der Waals surface area (Å²) in [5.74, 6) is 0.151. The summed E-state index contributed by atoms with van der Waals surface area (Å²) in [4.78, 5) is 11.6. The van der Waals surface area contributed by atoms with E-state index in [0.717, 1.165) is 32.5 Å². The van der Waals surface area contributed by atoms with Crippen LogP contribution in [0.3, 0.4) is 0 Å². The van der Waals surface area contributed by atoms with E-state index >= 15 is 0 Å². The molecule has 1 fully saturated rings. The van der Waals surface area contributed by atoms with Crippen molar-refractivity contribution in [2.75, 3.05) is 26.2 Å². The fourth-order valence-corrected chi connectivity index (χ4v) is 1.65. The standard InChI is InChI=1S/C11H22N2O2/c1-3-12-7-9(2)11(14)13-8-10-5-4-6-15-10/h9-10,12H,3-8H2,1-2H3,(H,13,14). The Kier molecular flexibility index (Phi) is 5.65. The zero-order valence-corrected chi connectivity index (χ0v) is 9.71. The van der Waals surface area contributed by atoms with Crippen molar-refractivity contribution in [2.45, 2.75) is 32.8 Å². The second-order valence-electron chi connectivity index (χ2n) is 4.09. The molecule has 15 heavy (non-hydrogen) atoms. The van der Waals surface area contributed by atoms with Crippen LogP contribution in [0.25, 0.3) is 0 Å². The Hall–Kier alpha value is -0.610. The molecule has 1 rings (SSSR count). The third-order valence-electron chi connectivity index (χ3n) is 2.68. The van der Waals surface area contributed by atoms with Crippen molar-refractivity contribution in [3.8, 4) is 0 Å². The van der Waals surface area contributed by atoms with E-state index in [-0.39, 0.29) is 17.9 Å². The lowest BCUT2D eigenvalue weighted by molar-refractivity contribution is -0.124. The minimum absolute atomic E-state index is 0.0337. The van der Waals surface area contributed by atoms with Crippen LogP contribution in [0.15, 0.2) is 0 Å². The molecule has 4 heteroatoms. The van der Waals surface area contributed by atoms with Crippen LogP contribution in [0.4, 0.5) is 0 Å². The van der Waals surface area contributed by atoms with Crippen LogP contribution < -0.4 is 10.6 Å². The van der Waals surface area contributed by atoms with E-state index in [9.17, 15) is 4.79 Å². The molecule has 1 aliphatic heterocycles. The Morgan fingerprint density at radius 1 is 1.60 bits per heavy atom. The topological polar surface area (TPSA) is 50.4 Å². The van der Waals surface area contributed by atoms with Crippen LogP contribution in [0.2, 0.25) is 0 Å². The number of nitrogens with one attached hydrogen (secondary N) is 2. The molecule has 1 heterocycles. The smallest absolute Gasteiger partial charge is 0.224 e. The second kappa shape index (κ2) is 6.80. The molecule has 1 saturated heterocycles. The van der Waals surface area contributed by atoms with Crippen molar-refractivity contribution < 1.29 is 9.53 Å². The summed E-state index contributed by atoms with van der Waals surface area (Å²) in [7, 11) is 0. The molecule has 2 atom stereocenters. The summed E-state index contributed by atoms with van der Waals surface area (Å²) in [6.45, 7) is 7.13. The van der Waals surface area contributed by atoms with Gasteiger partial charge in [-0.1, -0.05) is 13.8 Å². The normalized spacial score (nSPS) is 22.7. The molecule has 0 aromatic carbocycles. The predicted octanol–water partition coefficient (Wildman–Crippen LogP) is 0.527. The van der Waals surface area contributed by atoms with Gasteiger partial charge in [0.25, 0.3) is 0 Å². The lowest BCUT2D eigenvalue weighted by Crippen LogP contribution is -2.38. The van der Waals surface area contributed by atoms with E-state index in [1.54, 1.807) is 0 Å². The van der Waals surface area contributed by atoms with Gasteiger partial charge in [0.1, 0.15) is 0 Å². The van der Waals surface area contributed by atoms with Crippen LogP contribution in [-0.4, -0.2) is 38.3 Å². The Bertz CT molecular complexity index is 191. The number of rotatable bonds is 6. The van der Waals surface area contributed by atoms with Gasteiger partial charge in [0.2, 0.25) is 5.91 Å². The maximum Gasteiger partial charge on any atom is 0.224 e. The Labute approximate surface area is 91.8 Å². The SMILES string of the molecule is CCNCC(C)C(=O)NCC1CCCO1. The van der Waals surface area contributed by atoms with Gasteiger partial charge in [-0.2, -0.15) is 0 Å². The molecule has 0 spiro atoms. The maximum atomic E-state index is 11.6. The number of ether oxygens (including phenoxy) is 1.